The summed E-state index contributed by atoms with van der Waals surface area (Å²) in [5, 5.41) is 10.2. The first kappa shape index (κ1) is 8.50. The molecule has 0 aromatic rings. The van der Waals surface area contributed by atoms with E-state index in [4.69, 9.17) is 0 Å². The van der Waals surface area contributed by atoms with Gasteiger partial charge in [-0.15, -0.1) is 0 Å². The molecule has 64 valence electrons. The number of hydrogen-bond donors (Lipinski definition) is 0. The fourth-order valence-electron chi connectivity index (χ4n) is 1.76. The maximum atomic E-state index is 10.2. The van der Waals surface area contributed by atoms with Crippen molar-refractivity contribution in [3.05, 3.63) is 10.1 Å². The second kappa shape index (κ2) is 4.31. The predicted molar refractivity (Wildman–Crippen MR) is 43.1 cm³/mol. The molecule has 0 N–H and O–H groups in total. The van der Waals surface area contributed by atoms with Gasteiger partial charge in [0.05, 0.1) is 0 Å². The van der Waals surface area contributed by atoms with E-state index in [1.54, 1.807) is 0 Å². The Bertz CT molecular complexity index is 128. The number of rotatable bonds is 2. The molecule has 1 fully saturated rings. The number of nitro groups is 1. The van der Waals surface area contributed by atoms with E-state index in [0.29, 0.717) is 5.92 Å². The van der Waals surface area contributed by atoms with Gasteiger partial charge in [0, 0.05) is 10.8 Å². The van der Waals surface area contributed by atoms with Gasteiger partial charge in [0.15, 0.2) is 0 Å². The average molecular weight is 157 g/mol. The molecule has 0 saturated heterocycles. The molecule has 1 rings (SSSR count). The Morgan fingerprint density at radius 2 is 1.73 bits per heavy atom. The third-order valence-electron chi connectivity index (χ3n) is 2.38. The molecule has 0 unspecified atom stereocenters. The van der Waals surface area contributed by atoms with Crippen LogP contribution in [-0.4, -0.2) is 11.5 Å². The van der Waals surface area contributed by atoms with Gasteiger partial charge in [-0.2, -0.15) is 0 Å². The molecule has 3 heteroatoms. The first-order valence-electron chi connectivity index (χ1n) is 4.41. The van der Waals surface area contributed by atoms with Crippen LogP contribution in [0.2, 0.25) is 0 Å². The summed E-state index contributed by atoms with van der Waals surface area (Å²) in [5.41, 5.74) is 0. The van der Waals surface area contributed by atoms with Crippen molar-refractivity contribution in [3.63, 3.8) is 0 Å². The van der Waals surface area contributed by atoms with Crippen molar-refractivity contribution in [2.75, 3.05) is 6.54 Å². The summed E-state index contributed by atoms with van der Waals surface area (Å²) in [6, 6.07) is 0. The molecule has 0 amide bonds. The van der Waals surface area contributed by atoms with E-state index >= 15 is 0 Å². The van der Waals surface area contributed by atoms with E-state index in [2.05, 4.69) is 0 Å². The molecule has 1 aliphatic rings. The fraction of sp³-hybridized carbons (Fsp3) is 1.00. The fourth-order valence-corrected chi connectivity index (χ4v) is 1.76. The molecule has 0 aromatic heterocycles. The molecule has 0 heterocycles. The van der Waals surface area contributed by atoms with Crippen LogP contribution in [0.15, 0.2) is 0 Å². The number of nitrogens with zero attached hydrogens (tertiary/aromatic N) is 1. The van der Waals surface area contributed by atoms with Crippen molar-refractivity contribution in [1.82, 2.24) is 0 Å². The van der Waals surface area contributed by atoms with Gasteiger partial charge < -0.3 is 0 Å². The molecule has 0 radical (unpaired) electrons. The Kier molecular flexibility index (Phi) is 3.33. The quantitative estimate of drug-likeness (QED) is 0.350. The molecule has 3 nitrogen and oxygen atoms in total. The largest absolute Gasteiger partial charge is 0.265 e. The zero-order chi connectivity index (χ0) is 8.10. The van der Waals surface area contributed by atoms with Crippen LogP contribution in [0.1, 0.15) is 38.5 Å². The highest BCUT2D eigenvalue weighted by molar-refractivity contribution is 4.63. The first-order chi connectivity index (χ1) is 5.29. The molecule has 11 heavy (non-hydrogen) atoms. The van der Waals surface area contributed by atoms with Gasteiger partial charge in [-0.3, -0.25) is 10.1 Å². The van der Waals surface area contributed by atoms with Gasteiger partial charge in [0.25, 0.3) is 0 Å². The van der Waals surface area contributed by atoms with Crippen LogP contribution in [0, 0.1) is 16.0 Å². The summed E-state index contributed by atoms with van der Waals surface area (Å²) in [6.07, 6.45) is 7.07. The SMILES string of the molecule is O=[N+]([O-])CC1CCCCCC1. The topological polar surface area (TPSA) is 43.1 Å². The second-order valence-corrected chi connectivity index (χ2v) is 3.37. The van der Waals surface area contributed by atoms with Gasteiger partial charge in [0.2, 0.25) is 6.54 Å². The van der Waals surface area contributed by atoms with Crippen molar-refractivity contribution in [3.8, 4) is 0 Å². The van der Waals surface area contributed by atoms with Gasteiger partial charge in [0.1, 0.15) is 0 Å². The van der Waals surface area contributed by atoms with Crippen LogP contribution in [0.5, 0.6) is 0 Å². The third kappa shape index (κ3) is 3.35. The van der Waals surface area contributed by atoms with Gasteiger partial charge in [-0.25, -0.2) is 0 Å². The highest BCUT2D eigenvalue weighted by atomic mass is 16.6. The van der Waals surface area contributed by atoms with E-state index in [0.717, 1.165) is 12.8 Å². The van der Waals surface area contributed by atoms with Crippen LogP contribution in [0.4, 0.5) is 0 Å². The lowest BCUT2D eigenvalue weighted by atomic mass is 10.0. The highest BCUT2D eigenvalue weighted by Gasteiger charge is 2.16. The minimum atomic E-state index is -0.171. The van der Waals surface area contributed by atoms with Crippen LogP contribution in [0.3, 0.4) is 0 Å². The maximum Gasteiger partial charge on any atom is 0.206 e. The second-order valence-electron chi connectivity index (χ2n) is 3.37. The summed E-state index contributed by atoms with van der Waals surface area (Å²) in [4.78, 5) is 10.0. The van der Waals surface area contributed by atoms with Crippen molar-refractivity contribution in [2.45, 2.75) is 38.5 Å². The zero-order valence-electron chi connectivity index (χ0n) is 6.79. The van der Waals surface area contributed by atoms with Crippen molar-refractivity contribution in [2.24, 2.45) is 5.92 Å². The number of hydrogen-bond acceptors (Lipinski definition) is 2. The highest BCUT2D eigenvalue weighted by Crippen LogP contribution is 2.22. The molecule has 0 spiro atoms. The summed E-state index contributed by atoms with van der Waals surface area (Å²) in [7, 11) is 0. The van der Waals surface area contributed by atoms with E-state index in [-0.39, 0.29) is 11.5 Å². The molecule has 1 saturated carbocycles. The molecule has 0 bridgehead atoms. The molecule has 0 aromatic carbocycles. The summed E-state index contributed by atoms with van der Waals surface area (Å²) < 4.78 is 0. The molecule has 1 aliphatic carbocycles. The molecular weight excluding hydrogens is 142 g/mol. The summed E-state index contributed by atoms with van der Waals surface area (Å²) in [5.74, 6) is 0.368. The van der Waals surface area contributed by atoms with Gasteiger partial charge in [-0.05, 0) is 12.8 Å². The van der Waals surface area contributed by atoms with E-state index in [9.17, 15) is 10.1 Å². The Morgan fingerprint density at radius 1 is 1.18 bits per heavy atom. The van der Waals surface area contributed by atoms with Crippen molar-refractivity contribution < 1.29 is 4.92 Å². The van der Waals surface area contributed by atoms with Crippen LogP contribution in [-0.2, 0) is 0 Å². The Hall–Kier alpha value is -0.600. The molecular formula is C8H15NO2. The van der Waals surface area contributed by atoms with Crippen molar-refractivity contribution in [1.29, 1.82) is 0 Å². The first-order valence-corrected chi connectivity index (χ1v) is 4.41. The van der Waals surface area contributed by atoms with Crippen LogP contribution < -0.4 is 0 Å². The van der Waals surface area contributed by atoms with E-state index < -0.39 is 0 Å². The lowest BCUT2D eigenvalue weighted by Crippen LogP contribution is -2.13. The lowest BCUT2D eigenvalue weighted by Gasteiger charge is -2.06. The predicted octanol–water partition coefficient (Wildman–Crippen LogP) is 2.23. The Balaban J connectivity index is 2.25. The van der Waals surface area contributed by atoms with Gasteiger partial charge in [-0.1, -0.05) is 25.7 Å². The van der Waals surface area contributed by atoms with E-state index in [1.807, 2.05) is 0 Å². The van der Waals surface area contributed by atoms with E-state index in [1.165, 1.54) is 25.7 Å². The zero-order valence-corrected chi connectivity index (χ0v) is 6.79. The molecule has 0 aliphatic heterocycles. The summed E-state index contributed by atoms with van der Waals surface area (Å²) >= 11 is 0. The van der Waals surface area contributed by atoms with Crippen LogP contribution in [0.25, 0.3) is 0 Å². The summed E-state index contributed by atoms with van der Waals surface area (Å²) in [6.45, 7) is 0.194. The Labute approximate surface area is 66.9 Å². The average Bonchev–Trinajstić information content (AvgIpc) is 2.14. The van der Waals surface area contributed by atoms with Crippen LogP contribution >= 0.6 is 0 Å². The minimum Gasteiger partial charge on any atom is -0.265 e. The normalized spacial score (nSPS) is 21.1. The minimum absolute atomic E-state index is 0.171. The Morgan fingerprint density at radius 3 is 2.18 bits per heavy atom. The van der Waals surface area contributed by atoms with Gasteiger partial charge >= 0.3 is 0 Å². The monoisotopic (exact) mass is 157 g/mol. The standard InChI is InChI=1S/C8H15NO2/c10-9(11)7-8-5-3-1-2-4-6-8/h8H,1-7H2. The molecule has 0 atom stereocenters. The lowest BCUT2D eigenvalue weighted by molar-refractivity contribution is -0.488. The smallest absolute Gasteiger partial charge is 0.206 e. The third-order valence-corrected chi connectivity index (χ3v) is 2.38. The maximum absolute atomic E-state index is 10.2. The van der Waals surface area contributed by atoms with Crippen molar-refractivity contribution >= 4 is 0 Å².